The molecule has 0 radical (unpaired) electrons. The van der Waals surface area contributed by atoms with Crippen LogP contribution in [-0.2, 0) is 0 Å². The molecule has 0 N–H and O–H groups in total. The fourth-order valence-corrected chi connectivity index (χ4v) is 2.63. The standard InChI is InChI=1S/C11H6BrN3S/c12-9-3-8(6-13)4-10(5-9)16-11-1-2-14-7-15-11/h1-5,7H. The molecule has 3 nitrogen and oxygen atoms in total. The second-order valence-electron chi connectivity index (χ2n) is 2.94. The maximum atomic E-state index is 8.85. The molecule has 78 valence electrons. The van der Waals surface area contributed by atoms with Crippen molar-refractivity contribution in [1.82, 2.24) is 9.97 Å². The van der Waals surface area contributed by atoms with Crippen molar-refractivity contribution in [2.24, 2.45) is 0 Å². The summed E-state index contributed by atoms with van der Waals surface area (Å²) in [6.45, 7) is 0. The Morgan fingerprint density at radius 1 is 1.31 bits per heavy atom. The van der Waals surface area contributed by atoms with Crippen molar-refractivity contribution in [2.75, 3.05) is 0 Å². The van der Waals surface area contributed by atoms with Crippen molar-refractivity contribution < 1.29 is 0 Å². The minimum atomic E-state index is 0.630. The third-order valence-electron chi connectivity index (χ3n) is 1.78. The van der Waals surface area contributed by atoms with Gasteiger partial charge in [-0.25, -0.2) is 9.97 Å². The summed E-state index contributed by atoms with van der Waals surface area (Å²) in [5.74, 6) is 0. The van der Waals surface area contributed by atoms with Crippen molar-refractivity contribution in [3.8, 4) is 6.07 Å². The van der Waals surface area contributed by atoms with E-state index in [1.165, 1.54) is 18.1 Å². The molecule has 0 saturated heterocycles. The molecular weight excluding hydrogens is 286 g/mol. The molecular formula is C11H6BrN3S. The van der Waals surface area contributed by atoms with E-state index >= 15 is 0 Å². The fourth-order valence-electron chi connectivity index (χ4n) is 1.15. The van der Waals surface area contributed by atoms with E-state index in [1.54, 1.807) is 12.3 Å². The molecule has 0 saturated carbocycles. The Morgan fingerprint density at radius 3 is 2.88 bits per heavy atom. The minimum Gasteiger partial charge on any atom is -0.245 e. The van der Waals surface area contributed by atoms with Gasteiger partial charge in [0, 0.05) is 15.6 Å². The van der Waals surface area contributed by atoms with Gasteiger partial charge in [0.25, 0.3) is 0 Å². The van der Waals surface area contributed by atoms with Crippen LogP contribution in [0.1, 0.15) is 5.56 Å². The Labute approximate surface area is 106 Å². The van der Waals surface area contributed by atoms with Gasteiger partial charge in [-0.2, -0.15) is 5.26 Å². The molecule has 0 unspecified atom stereocenters. The third kappa shape index (κ3) is 2.81. The summed E-state index contributed by atoms with van der Waals surface area (Å²) in [6, 6.07) is 9.51. The van der Waals surface area contributed by atoms with Crippen molar-refractivity contribution in [2.45, 2.75) is 9.92 Å². The molecule has 1 aromatic heterocycles. The normalized spacial score (nSPS) is 9.75. The van der Waals surface area contributed by atoms with Crippen LogP contribution in [0.3, 0.4) is 0 Å². The Kier molecular flexibility index (Phi) is 3.54. The van der Waals surface area contributed by atoms with E-state index in [4.69, 9.17) is 5.26 Å². The SMILES string of the molecule is N#Cc1cc(Br)cc(Sc2ccncn2)c1. The highest BCUT2D eigenvalue weighted by molar-refractivity contribution is 9.10. The van der Waals surface area contributed by atoms with Crippen LogP contribution in [0.2, 0.25) is 0 Å². The van der Waals surface area contributed by atoms with Crippen molar-refractivity contribution in [3.63, 3.8) is 0 Å². The van der Waals surface area contributed by atoms with Gasteiger partial charge >= 0.3 is 0 Å². The van der Waals surface area contributed by atoms with Gasteiger partial charge in [0.2, 0.25) is 0 Å². The van der Waals surface area contributed by atoms with Crippen molar-refractivity contribution in [1.29, 1.82) is 5.26 Å². The van der Waals surface area contributed by atoms with Crippen molar-refractivity contribution >= 4 is 27.7 Å². The maximum absolute atomic E-state index is 8.85. The molecule has 5 heteroatoms. The molecule has 0 spiro atoms. The first kappa shape index (κ1) is 11.1. The highest BCUT2D eigenvalue weighted by Crippen LogP contribution is 2.28. The van der Waals surface area contributed by atoms with Crippen LogP contribution in [0.5, 0.6) is 0 Å². The summed E-state index contributed by atoms with van der Waals surface area (Å²) >= 11 is 4.87. The lowest BCUT2D eigenvalue weighted by molar-refractivity contribution is 1.05. The number of benzene rings is 1. The molecule has 0 amide bonds. The zero-order valence-corrected chi connectivity index (χ0v) is 10.5. The molecule has 16 heavy (non-hydrogen) atoms. The number of rotatable bonds is 2. The Bertz CT molecular complexity index is 537. The maximum Gasteiger partial charge on any atom is 0.116 e. The van der Waals surface area contributed by atoms with Gasteiger partial charge in [-0.15, -0.1) is 0 Å². The average molecular weight is 292 g/mol. The molecule has 0 fully saturated rings. The predicted octanol–water partition coefficient (Wildman–Crippen LogP) is 3.26. The number of nitriles is 1. The van der Waals surface area contributed by atoms with Crippen LogP contribution in [0.15, 0.2) is 51.2 Å². The number of nitrogens with zero attached hydrogens (tertiary/aromatic N) is 3. The summed E-state index contributed by atoms with van der Waals surface area (Å²) in [6.07, 6.45) is 3.20. The largest absolute Gasteiger partial charge is 0.245 e. The molecule has 0 atom stereocenters. The van der Waals surface area contributed by atoms with E-state index in [1.807, 2.05) is 18.2 Å². The molecule has 2 rings (SSSR count). The van der Waals surface area contributed by atoms with E-state index in [9.17, 15) is 0 Å². The summed E-state index contributed by atoms with van der Waals surface area (Å²) in [4.78, 5) is 8.94. The zero-order valence-electron chi connectivity index (χ0n) is 8.09. The van der Waals surface area contributed by atoms with Crippen LogP contribution >= 0.6 is 27.7 Å². The van der Waals surface area contributed by atoms with E-state index in [2.05, 4.69) is 32.0 Å². The van der Waals surface area contributed by atoms with Crippen molar-refractivity contribution in [3.05, 3.63) is 46.8 Å². The van der Waals surface area contributed by atoms with Crippen LogP contribution < -0.4 is 0 Å². The Morgan fingerprint density at radius 2 is 2.19 bits per heavy atom. The highest BCUT2D eigenvalue weighted by Gasteiger charge is 2.02. The monoisotopic (exact) mass is 291 g/mol. The van der Waals surface area contributed by atoms with E-state index in [0.29, 0.717) is 5.56 Å². The number of hydrogen-bond acceptors (Lipinski definition) is 4. The topological polar surface area (TPSA) is 49.6 Å². The van der Waals surface area contributed by atoms with Gasteiger partial charge in [0.15, 0.2) is 0 Å². The van der Waals surface area contributed by atoms with Gasteiger partial charge in [0.05, 0.1) is 11.6 Å². The van der Waals surface area contributed by atoms with Gasteiger partial charge in [-0.3, -0.25) is 0 Å². The predicted molar refractivity (Wildman–Crippen MR) is 65.0 cm³/mol. The zero-order chi connectivity index (χ0) is 11.4. The molecule has 1 heterocycles. The second kappa shape index (κ2) is 5.10. The molecule has 0 aliphatic heterocycles. The molecule has 2 aromatic rings. The van der Waals surface area contributed by atoms with Gasteiger partial charge < -0.3 is 0 Å². The highest BCUT2D eigenvalue weighted by atomic mass is 79.9. The van der Waals surface area contributed by atoms with Gasteiger partial charge in [-0.05, 0) is 24.3 Å². The molecule has 0 aliphatic rings. The van der Waals surface area contributed by atoms with E-state index in [-0.39, 0.29) is 0 Å². The average Bonchev–Trinajstić information content (AvgIpc) is 2.29. The number of hydrogen-bond donors (Lipinski definition) is 0. The lowest BCUT2D eigenvalue weighted by Crippen LogP contribution is -1.82. The first-order valence-electron chi connectivity index (χ1n) is 4.42. The smallest absolute Gasteiger partial charge is 0.116 e. The Hall–Kier alpha value is -1.38. The summed E-state index contributed by atoms with van der Waals surface area (Å²) in [7, 11) is 0. The second-order valence-corrected chi connectivity index (χ2v) is 4.95. The minimum absolute atomic E-state index is 0.630. The number of aromatic nitrogens is 2. The van der Waals surface area contributed by atoms with E-state index in [0.717, 1.165) is 14.4 Å². The van der Waals surface area contributed by atoms with Crippen LogP contribution in [-0.4, -0.2) is 9.97 Å². The first-order valence-corrected chi connectivity index (χ1v) is 6.03. The van der Waals surface area contributed by atoms with Crippen LogP contribution in [0.4, 0.5) is 0 Å². The molecule has 0 bridgehead atoms. The van der Waals surface area contributed by atoms with Crippen LogP contribution in [0.25, 0.3) is 0 Å². The third-order valence-corrected chi connectivity index (χ3v) is 3.16. The number of halogens is 1. The summed E-state index contributed by atoms with van der Waals surface area (Å²) < 4.78 is 0.892. The summed E-state index contributed by atoms with van der Waals surface area (Å²) in [5.41, 5.74) is 0.630. The van der Waals surface area contributed by atoms with Crippen LogP contribution in [0, 0.1) is 11.3 Å². The van der Waals surface area contributed by atoms with E-state index < -0.39 is 0 Å². The lowest BCUT2D eigenvalue weighted by atomic mass is 10.2. The lowest BCUT2D eigenvalue weighted by Gasteiger charge is -2.01. The van der Waals surface area contributed by atoms with Gasteiger partial charge in [-0.1, -0.05) is 27.7 Å². The molecule has 1 aromatic carbocycles. The fraction of sp³-hybridized carbons (Fsp3) is 0. The molecule has 0 aliphatic carbocycles. The van der Waals surface area contributed by atoms with Gasteiger partial charge in [0.1, 0.15) is 11.4 Å². The first-order chi connectivity index (χ1) is 7.78. The Balaban J connectivity index is 2.29. The summed E-state index contributed by atoms with van der Waals surface area (Å²) in [5, 5.41) is 9.71. The quantitative estimate of drug-likeness (QED) is 0.797.